The summed E-state index contributed by atoms with van der Waals surface area (Å²) in [5.74, 6) is -0.239. The van der Waals surface area contributed by atoms with E-state index in [1.165, 1.54) is 12.1 Å². The Balaban J connectivity index is 2.25. The maximum Gasteiger partial charge on any atom is 0.312 e. The highest BCUT2D eigenvalue weighted by Gasteiger charge is 2.14. The fraction of sp³-hybridized carbons (Fsp3) is 0.0833. The van der Waals surface area contributed by atoms with Crippen molar-refractivity contribution in [1.82, 2.24) is 9.55 Å². The van der Waals surface area contributed by atoms with Crippen LogP contribution in [-0.2, 0) is 0 Å². The van der Waals surface area contributed by atoms with E-state index >= 15 is 0 Å². The van der Waals surface area contributed by atoms with Crippen LogP contribution in [0.2, 0.25) is 0 Å². The third-order valence-electron chi connectivity index (χ3n) is 2.56. The van der Waals surface area contributed by atoms with E-state index in [1.54, 1.807) is 6.07 Å². The number of fused-ring (bicyclic) bond motifs is 1. The van der Waals surface area contributed by atoms with Crippen LogP contribution >= 0.6 is 0 Å². The lowest BCUT2D eigenvalue weighted by Gasteiger charge is -1.98. The molecule has 0 aliphatic carbocycles. The van der Waals surface area contributed by atoms with Gasteiger partial charge in [-0.1, -0.05) is 6.07 Å². The zero-order valence-electron chi connectivity index (χ0n) is 9.08. The van der Waals surface area contributed by atoms with Crippen molar-refractivity contribution in [2.75, 3.05) is 0 Å². The first-order valence-corrected chi connectivity index (χ1v) is 5.12. The summed E-state index contributed by atoms with van der Waals surface area (Å²) in [5, 5.41) is 19.1. The Kier molecular flexibility index (Phi) is 1.89. The van der Waals surface area contributed by atoms with Gasteiger partial charge in [-0.25, -0.2) is 4.57 Å². The minimum Gasteiger partial charge on any atom is -0.494 e. The molecule has 0 unspecified atom stereocenters. The molecular formula is C12H10N2O3. The van der Waals surface area contributed by atoms with Gasteiger partial charge in [0.05, 0.1) is 0 Å². The SMILES string of the molecule is Cc1ccc2oc(-n3c(O)ccc3O)nc2c1. The Morgan fingerprint density at radius 2 is 1.82 bits per heavy atom. The molecule has 0 radical (unpaired) electrons. The van der Waals surface area contributed by atoms with E-state index in [9.17, 15) is 10.2 Å². The molecule has 2 N–H and O–H groups in total. The fourth-order valence-electron chi connectivity index (χ4n) is 1.73. The van der Waals surface area contributed by atoms with E-state index in [0.717, 1.165) is 10.1 Å². The Morgan fingerprint density at radius 1 is 1.12 bits per heavy atom. The molecule has 0 atom stereocenters. The maximum atomic E-state index is 9.57. The average molecular weight is 230 g/mol. The molecule has 0 saturated carbocycles. The molecule has 5 heteroatoms. The number of rotatable bonds is 1. The molecule has 3 rings (SSSR count). The molecule has 17 heavy (non-hydrogen) atoms. The zero-order chi connectivity index (χ0) is 12.0. The van der Waals surface area contributed by atoms with E-state index in [-0.39, 0.29) is 17.8 Å². The number of aromatic nitrogens is 2. The van der Waals surface area contributed by atoms with Crippen molar-refractivity contribution in [3.8, 4) is 17.8 Å². The lowest BCUT2D eigenvalue weighted by molar-refractivity contribution is 0.383. The molecule has 2 aromatic heterocycles. The molecule has 3 aromatic rings. The Hall–Kier alpha value is -2.43. The van der Waals surface area contributed by atoms with Crippen molar-refractivity contribution >= 4 is 11.1 Å². The van der Waals surface area contributed by atoms with Crippen LogP contribution in [0.25, 0.3) is 17.1 Å². The van der Waals surface area contributed by atoms with Gasteiger partial charge in [-0.05, 0) is 24.6 Å². The summed E-state index contributed by atoms with van der Waals surface area (Å²) in [6, 6.07) is 8.47. The molecule has 86 valence electrons. The van der Waals surface area contributed by atoms with Crippen molar-refractivity contribution in [3.63, 3.8) is 0 Å². The second-order valence-corrected chi connectivity index (χ2v) is 3.85. The van der Waals surface area contributed by atoms with E-state index in [2.05, 4.69) is 4.98 Å². The van der Waals surface area contributed by atoms with Crippen molar-refractivity contribution in [3.05, 3.63) is 35.9 Å². The number of nitrogens with zero attached hydrogens (tertiary/aromatic N) is 2. The van der Waals surface area contributed by atoms with E-state index in [4.69, 9.17) is 4.42 Å². The number of oxazole rings is 1. The van der Waals surface area contributed by atoms with Crippen LogP contribution < -0.4 is 0 Å². The molecule has 0 aliphatic rings. The predicted molar refractivity (Wildman–Crippen MR) is 61.4 cm³/mol. The second-order valence-electron chi connectivity index (χ2n) is 3.85. The molecule has 0 spiro atoms. The van der Waals surface area contributed by atoms with Crippen LogP contribution in [0.3, 0.4) is 0 Å². The largest absolute Gasteiger partial charge is 0.494 e. The van der Waals surface area contributed by atoms with Crippen LogP contribution in [0.5, 0.6) is 11.8 Å². The van der Waals surface area contributed by atoms with Crippen LogP contribution in [0, 0.1) is 6.92 Å². The van der Waals surface area contributed by atoms with Gasteiger partial charge >= 0.3 is 6.01 Å². The van der Waals surface area contributed by atoms with Gasteiger partial charge < -0.3 is 14.6 Å². The summed E-state index contributed by atoms with van der Waals surface area (Å²) in [5.41, 5.74) is 2.36. The fourth-order valence-corrected chi connectivity index (χ4v) is 1.73. The highest BCUT2D eigenvalue weighted by Crippen LogP contribution is 2.28. The second kappa shape index (κ2) is 3.28. The van der Waals surface area contributed by atoms with E-state index < -0.39 is 0 Å². The normalized spacial score (nSPS) is 11.1. The third-order valence-corrected chi connectivity index (χ3v) is 2.56. The molecule has 0 amide bonds. The standard InChI is InChI=1S/C12H10N2O3/c1-7-2-3-9-8(6-7)13-12(17-9)14-10(15)4-5-11(14)16/h2-6,15-16H,1H3. The summed E-state index contributed by atoms with van der Waals surface area (Å²) in [7, 11) is 0. The zero-order valence-corrected chi connectivity index (χ0v) is 9.08. The van der Waals surface area contributed by atoms with Crippen LogP contribution in [0.4, 0.5) is 0 Å². The summed E-state index contributed by atoms with van der Waals surface area (Å²) in [4.78, 5) is 4.21. The first-order chi connectivity index (χ1) is 8.15. The number of hydrogen-bond acceptors (Lipinski definition) is 4. The molecule has 0 aliphatic heterocycles. The molecule has 1 aromatic carbocycles. The summed E-state index contributed by atoms with van der Waals surface area (Å²) >= 11 is 0. The quantitative estimate of drug-likeness (QED) is 0.673. The predicted octanol–water partition coefficient (Wildman–Crippen LogP) is 2.34. The van der Waals surface area contributed by atoms with Crippen molar-refractivity contribution in [1.29, 1.82) is 0 Å². The van der Waals surface area contributed by atoms with Gasteiger partial charge in [0.2, 0.25) is 11.8 Å². The summed E-state index contributed by atoms with van der Waals surface area (Å²) in [6.07, 6.45) is 0. The minimum atomic E-state index is -0.120. The number of aryl methyl sites for hydroxylation is 1. The molecule has 0 fully saturated rings. The van der Waals surface area contributed by atoms with Crippen molar-refractivity contribution in [2.45, 2.75) is 6.92 Å². The average Bonchev–Trinajstić information content (AvgIpc) is 2.81. The van der Waals surface area contributed by atoms with Crippen LogP contribution in [0.1, 0.15) is 5.56 Å². The van der Waals surface area contributed by atoms with Gasteiger partial charge in [-0.3, -0.25) is 0 Å². The number of hydrogen-bond donors (Lipinski definition) is 2. The number of aromatic hydroxyl groups is 2. The van der Waals surface area contributed by atoms with E-state index in [1.807, 2.05) is 19.1 Å². The molecule has 5 nitrogen and oxygen atoms in total. The lowest BCUT2D eigenvalue weighted by atomic mass is 10.2. The number of benzene rings is 1. The monoisotopic (exact) mass is 230 g/mol. The maximum absolute atomic E-state index is 9.57. The van der Waals surface area contributed by atoms with Gasteiger partial charge in [0.15, 0.2) is 5.58 Å². The Labute approximate surface area is 96.6 Å². The lowest BCUT2D eigenvalue weighted by Crippen LogP contribution is -1.91. The Morgan fingerprint density at radius 3 is 2.53 bits per heavy atom. The van der Waals surface area contributed by atoms with Crippen molar-refractivity contribution in [2.24, 2.45) is 0 Å². The first kappa shape index (κ1) is 9.77. The molecular weight excluding hydrogens is 220 g/mol. The van der Waals surface area contributed by atoms with Crippen LogP contribution in [0.15, 0.2) is 34.7 Å². The highest BCUT2D eigenvalue weighted by molar-refractivity contribution is 5.74. The van der Waals surface area contributed by atoms with Gasteiger partial charge in [-0.15, -0.1) is 0 Å². The summed E-state index contributed by atoms with van der Waals surface area (Å²) < 4.78 is 6.60. The minimum absolute atomic E-state index is 0.120. The van der Waals surface area contributed by atoms with Gasteiger partial charge in [0.25, 0.3) is 0 Å². The molecule has 0 saturated heterocycles. The highest BCUT2D eigenvalue weighted by atomic mass is 16.4. The van der Waals surface area contributed by atoms with Gasteiger partial charge in [0, 0.05) is 12.1 Å². The molecule has 2 heterocycles. The van der Waals surface area contributed by atoms with Gasteiger partial charge in [-0.2, -0.15) is 4.98 Å². The third kappa shape index (κ3) is 1.44. The Bertz CT molecular complexity index is 677. The van der Waals surface area contributed by atoms with Crippen molar-refractivity contribution < 1.29 is 14.6 Å². The van der Waals surface area contributed by atoms with Crippen LogP contribution in [-0.4, -0.2) is 19.8 Å². The van der Waals surface area contributed by atoms with E-state index in [0.29, 0.717) is 11.1 Å². The van der Waals surface area contributed by atoms with Gasteiger partial charge in [0.1, 0.15) is 5.52 Å². The smallest absolute Gasteiger partial charge is 0.312 e. The summed E-state index contributed by atoms with van der Waals surface area (Å²) in [6.45, 7) is 1.96. The topological polar surface area (TPSA) is 71.4 Å². The molecule has 0 bridgehead atoms. The first-order valence-electron chi connectivity index (χ1n) is 5.12.